The van der Waals surface area contributed by atoms with Crippen LogP contribution in [0.4, 0.5) is 4.39 Å². The lowest BCUT2D eigenvalue weighted by atomic mass is 10.0. The number of rotatable bonds is 3. The molecular weight excluding hydrogens is 404 g/mol. The maximum absolute atomic E-state index is 14.0. The molecule has 2 rings (SSSR count). The first-order valence-corrected chi connectivity index (χ1v) is 7.89. The van der Waals surface area contributed by atoms with Crippen molar-refractivity contribution in [2.45, 2.75) is 20.3 Å². The van der Waals surface area contributed by atoms with E-state index in [0.717, 1.165) is 14.8 Å². The van der Waals surface area contributed by atoms with Crippen LogP contribution in [0.25, 0.3) is 0 Å². The first-order valence-electron chi connectivity index (χ1n) is 6.44. The molecule has 2 aromatic rings. The summed E-state index contributed by atoms with van der Waals surface area (Å²) >= 11 is 8.31. The zero-order chi connectivity index (χ0) is 15.7. The lowest BCUT2D eigenvalue weighted by Gasteiger charge is -2.09. The number of hydrogen-bond donors (Lipinski definition) is 0. The highest BCUT2D eigenvalue weighted by atomic mass is 127. The van der Waals surface area contributed by atoms with Gasteiger partial charge in [-0.1, -0.05) is 6.07 Å². The van der Waals surface area contributed by atoms with Crippen molar-refractivity contribution in [2.24, 2.45) is 7.05 Å². The number of aromatic nitrogens is 1. The van der Waals surface area contributed by atoms with Crippen LogP contribution in [0.5, 0.6) is 0 Å². The topological polar surface area (TPSA) is 20.9 Å². The molecule has 0 saturated carbocycles. The number of nitrogens with zero attached hydrogens (tertiary/aromatic N) is 1. The van der Waals surface area contributed by atoms with E-state index in [1.807, 2.05) is 13.0 Å². The molecule has 0 amide bonds. The summed E-state index contributed by atoms with van der Waals surface area (Å²) in [5.74, 6) is -0.320. The molecule has 110 valence electrons. The van der Waals surface area contributed by atoms with E-state index in [2.05, 4.69) is 22.6 Å². The number of Topliss-reactive ketones (excluding diaryl/α,β-unsaturated/α-hetero) is 1. The second kappa shape index (κ2) is 6.40. The molecule has 0 aliphatic carbocycles. The maximum Gasteiger partial charge on any atom is 0.277 e. The molecule has 5 heteroatoms. The molecule has 0 spiro atoms. The molecule has 0 N–H and O–H groups in total. The molecule has 21 heavy (non-hydrogen) atoms. The van der Waals surface area contributed by atoms with Gasteiger partial charge >= 0.3 is 0 Å². The van der Waals surface area contributed by atoms with Crippen LogP contribution in [-0.4, -0.2) is 5.78 Å². The first kappa shape index (κ1) is 16.4. The summed E-state index contributed by atoms with van der Waals surface area (Å²) in [6.07, 6.45) is 0.328. The highest BCUT2D eigenvalue weighted by Crippen LogP contribution is 2.20. The van der Waals surface area contributed by atoms with Gasteiger partial charge in [-0.05, 0) is 71.8 Å². The van der Waals surface area contributed by atoms with Crippen molar-refractivity contribution in [3.05, 3.63) is 61.2 Å². The Hall–Kier alpha value is -1.01. The predicted octanol–water partition coefficient (Wildman–Crippen LogP) is 4.01. The van der Waals surface area contributed by atoms with Gasteiger partial charge in [0.1, 0.15) is 12.9 Å². The monoisotopic (exact) mass is 418 g/mol. The molecule has 0 aliphatic heterocycles. The van der Waals surface area contributed by atoms with E-state index in [4.69, 9.17) is 11.6 Å². The Balaban J connectivity index is 2.57. The van der Waals surface area contributed by atoms with E-state index in [1.54, 1.807) is 23.7 Å². The van der Waals surface area contributed by atoms with Gasteiger partial charge < -0.3 is 0 Å². The molecule has 0 bridgehead atoms. The third-order valence-electron chi connectivity index (χ3n) is 3.45. The number of carbonyl (C=O) groups excluding carboxylic acids is 1. The minimum atomic E-state index is -0.270. The Bertz CT molecular complexity index is 731. The largest absolute Gasteiger partial charge is 0.294 e. The Morgan fingerprint density at radius 1 is 1.38 bits per heavy atom. The van der Waals surface area contributed by atoms with Gasteiger partial charge in [0.15, 0.2) is 11.5 Å². The third kappa shape index (κ3) is 3.43. The van der Waals surface area contributed by atoms with E-state index in [0.29, 0.717) is 22.7 Å². The zero-order valence-electron chi connectivity index (χ0n) is 12.0. The Morgan fingerprint density at radius 3 is 2.62 bits per heavy atom. The van der Waals surface area contributed by atoms with Crippen molar-refractivity contribution >= 4 is 40.0 Å². The van der Waals surface area contributed by atoms with Gasteiger partial charge in [-0.3, -0.25) is 4.79 Å². The van der Waals surface area contributed by atoms with Gasteiger partial charge in [-0.15, -0.1) is 0 Å². The fourth-order valence-electron chi connectivity index (χ4n) is 2.29. The van der Waals surface area contributed by atoms with E-state index < -0.39 is 0 Å². The smallest absolute Gasteiger partial charge is 0.277 e. The van der Waals surface area contributed by atoms with E-state index in [-0.39, 0.29) is 11.6 Å². The molecule has 0 fully saturated rings. The molecule has 0 aliphatic rings. The normalized spacial score (nSPS) is 10.8. The number of carbonyl (C=O) groups is 1. The van der Waals surface area contributed by atoms with Gasteiger partial charge in [0, 0.05) is 9.13 Å². The fourth-order valence-corrected chi connectivity index (χ4v) is 2.90. The van der Waals surface area contributed by atoms with Crippen molar-refractivity contribution in [3.63, 3.8) is 0 Å². The quantitative estimate of drug-likeness (QED) is 0.319. The van der Waals surface area contributed by atoms with Gasteiger partial charge in [-0.25, -0.2) is 4.39 Å². The van der Waals surface area contributed by atoms with Crippen molar-refractivity contribution < 1.29 is 13.8 Å². The fraction of sp³-hybridized carbons (Fsp3) is 0.250. The average molecular weight is 419 g/mol. The summed E-state index contributed by atoms with van der Waals surface area (Å²) in [6.45, 7) is 3.36. The Morgan fingerprint density at radius 2 is 2.05 bits per heavy atom. The number of ketones is 1. The summed E-state index contributed by atoms with van der Waals surface area (Å²) in [6, 6.07) is 6.85. The van der Waals surface area contributed by atoms with Gasteiger partial charge in [-0.2, -0.15) is 4.57 Å². The van der Waals surface area contributed by atoms with Crippen molar-refractivity contribution in [3.8, 4) is 0 Å². The van der Waals surface area contributed by atoms with Gasteiger partial charge in [0.2, 0.25) is 0 Å². The van der Waals surface area contributed by atoms with Crippen LogP contribution < -0.4 is 4.57 Å². The second-order valence-corrected chi connectivity index (χ2v) is 6.61. The Kier molecular flexibility index (Phi) is 4.99. The van der Waals surface area contributed by atoms with Crippen LogP contribution in [0.1, 0.15) is 34.1 Å². The SMILES string of the molecule is CC(=O)c1cc(C)c(Cl)[n+](C)c1Cc1ccc(I)cc1F. The van der Waals surface area contributed by atoms with E-state index in [1.165, 1.54) is 13.0 Å². The molecule has 2 nitrogen and oxygen atoms in total. The number of pyridine rings is 1. The summed E-state index contributed by atoms with van der Waals surface area (Å²) in [4.78, 5) is 11.9. The van der Waals surface area contributed by atoms with Crippen LogP contribution in [0.3, 0.4) is 0 Å². The van der Waals surface area contributed by atoms with Gasteiger partial charge in [0.05, 0.1) is 12.0 Å². The van der Waals surface area contributed by atoms with Crippen LogP contribution >= 0.6 is 34.2 Å². The van der Waals surface area contributed by atoms with Crippen LogP contribution in [0.15, 0.2) is 24.3 Å². The summed E-state index contributed by atoms with van der Waals surface area (Å²) in [5, 5.41) is 0.556. The molecule has 1 aromatic heterocycles. The van der Waals surface area contributed by atoms with E-state index >= 15 is 0 Å². The molecule has 0 saturated heterocycles. The molecule has 1 aromatic carbocycles. The van der Waals surface area contributed by atoms with Gasteiger partial charge in [0.25, 0.3) is 5.15 Å². The highest BCUT2D eigenvalue weighted by Gasteiger charge is 2.23. The first-order chi connectivity index (χ1) is 9.81. The summed E-state index contributed by atoms with van der Waals surface area (Å²) in [7, 11) is 1.79. The van der Waals surface area contributed by atoms with Crippen molar-refractivity contribution in [1.29, 1.82) is 0 Å². The average Bonchev–Trinajstić information content (AvgIpc) is 2.41. The lowest BCUT2D eigenvalue weighted by molar-refractivity contribution is -0.676. The third-order valence-corrected chi connectivity index (χ3v) is 4.67. The highest BCUT2D eigenvalue weighted by molar-refractivity contribution is 14.1. The number of hydrogen-bond acceptors (Lipinski definition) is 1. The molecule has 0 atom stereocenters. The van der Waals surface area contributed by atoms with E-state index in [9.17, 15) is 9.18 Å². The molecule has 0 radical (unpaired) electrons. The molecule has 1 heterocycles. The van der Waals surface area contributed by atoms with Crippen LogP contribution in [0, 0.1) is 16.3 Å². The molecule has 0 unspecified atom stereocenters. The van der Waals surface area contributed by atoms with Crippen LogP contribution in [-0.2, 0) is 13.5 Å². The lowest BCUT2D eigenvalue weighted by Crippen LogP contribution is -2.38. The number of benzene rings is 1. The number of halogens is 3. The minimum Gasteiger partial charge on any atom is -0.294 e. The predicted molar refractivity (Wildman–Crippen MR) is 89.3 cm³/mol. The number of aryl methyl sites for hydroxylation is 1. The second-order valence-electron chi connectivity index (χ2n) is 5.01. The summed E-state index contributed by atoms with van der Waals surface area (Å²) in [5.41, 5.74) is 2.68. The maximum atomic E-state index is 14.0. The Labute approximate surface area is 142 Å². The zero-order valence-corrected chi connectivity index (χ0v) is 14.9. The molecular formula is C16H15ClFINO+. The van der Waals surface area contributed by atoms with Crippen molar-refractivity contribution in [1.82, 2.24) is 0 Å². The standard InChI is InChI=1S/C16H15ClFINO/c1-9-6-13(10(2)21)15(20(3)16(9)17)7-11-4-5-12(19)8-14(11)18/h4-6,8H,7H2,1-3H3/q+1. The van der Waals surface area contributed by atoms with Crippen LogP contribution in [0.2, 0.25) is 5.15 Å². The minimum absolute atomic E-state index is 0.0497. The van der Waals surface area contributed by atoms with Crippen molar-refractivity contribution in [2.75, 3.05) is 0 Å². The summed E-state index contributed by atoms with van der Waals surface area (Å²) < 4.78 is 16.6.